The Morgan fingerprint density at radius 3 is 2.53 bits per heavy atom. The molecule has 1 aromatic heterocycles. The fraction of sp³-hybridized carbons (Fsp3) is 0.455. The summed E-state index contributed by atoms with van der Waals surface area (Å²) in [7, 11) is 2.94. The zero-order chi connectivity index (χ0) is 14.4. The number of ether oxygens (including phenoxy) is 1. The van der Waals surface area contributed by atoms with Gasteiger partial charge in [-0.2, -0.15) is 5.10 Å². The molecule has 0 radical (unpaired) electrons. The monoisotopic (exact) mass is 268 g/mol. The molecule has 0 saturated heterocycles. The van der Waals surface area contributed by atoms with Gasteiger partial charge in [0, 0.05) is 12.7 Å². The van der Waals surface area contributed by atoms with E-state index in [1.807, 2.05) is 6.92 Å². The maximum absolute atomic E-state index is 11.7. The third kappa shape index (κ3) is 4.41. The summed E-state index contributed by atoms with van der Waals surface area (Å²) >= 11 is 0. The first-order valence-corrected chi connectivity index (χ1v) is 5.56. The Kier molecular flexibility index (Phi) is 5.04. The van der Waals surface area contributed by atoms with Crippen LogP contribution in [0.4, 0.5) is 0 Å². The van der Waals surface area contributed by atoms with Crippen molar-refractivity contribution in [3.8, 4) is 0 Å². The van der Waals surface area contributed by atoms with Crippen molar-refractivity contribution in [1.82, 2.24) is 20.4 Å². The molecule has 0 unspecified atom stereocenters. The van der Waals surface area contributed by atoms with E-state index >= 15 is 0 Å². The predicted octanol–water partition coefficient (Wildman–Crippen LogP) is -1.25. The van der Waals surface area contributed by atoms with E-state index in [1.165, 1.54) is 7.11 Å². The number of carbonyl (C=O) groups is 3. The second-order valence-corrected chi connectivity index (χ2v) is 3.83. The van der Waals surface area contributed by atoms with Crippen LogP contribution in [0.5, 0.6) is 0 Å². The van der Waals surface area contributed by atoms with Gasteiger partial charge in [-0.15, -0.1) is 0 Å². The average Bonchev–Trinajstić information content (AvgIpc) is 2.73. The normalized spacial score (nSPS) is 9.84. The zero-order valence-electron chi connectivity index (χ0n) is 11.0. The van der Waals surface area contributed by atoms with Crippen LogP contribution in [0.15, 0.2) is 6.07 Å². The van der Waals surface area contributed by atoms with Crippen molar-refractivity contribution in [2.45, 2.75) is 6.92 Å². The molecule has 0 aliphatic heterocycles. The number of carbonyl (C=O) groups excluding carboxylic acids is 3. The van der Waals surface area contributed by atoms with Crippen LogP contribution in [0.2, 0.25) is 0 Å². The highest BCUT2D eigenvalue weighted by molar-refractivity contribution is 5.95. The van der Waals surface area contributed by atoms with E-state index in [4.69, 9.17) is 0 Å². The van der Waals surface area contributed by atoms with Crippen molar-refractivity contribution in [3.05, 3.63) is 17.5 Å². The molecule has 1 heterocycles. The lowest BCUT2D eigenvalue weighted by molar-refractivity contribution is -0.141. The molecular formula is C11H16N4O4. The minimum absolute atomic E-state index is 0.228. The number of aryl methyl sites for hydroxylation is 2. The van der Waals surface area contributed by atoms with Gasteiger partial charge in [-0.1, -0.05) is 0 Å². The van der Waals surface area contributed by atoms with Gasteiger partial charge in [0.15, 0.2) is 0 Å². The van der Waals surface area contributed by atoms with Crippen LogP contribution in [0, 0.1) is 6.92 Å². The van der Waals surface area contributed by atoms with Crippen molar-refractivity contribution in [2.75, 3.05) is 20.2 Å². The zero-order valence-corrected chi connectivity index (χ0v) is 11.0. The summed E-state index contributed by atoms with van der Waals surface area (Å²) in [6, 6.07) is 1.61. The van der Waals surface area contributed by atoms with Gasteiger partial charge in [0.25, 0.3) is 5.91 Å². The Balaban J connectivity index is 2.38. The number of hydrogen-bond donors (Lipinski definition) is 2. The number of nitrogens with zero attached hydrogens (tertiary/aromatic N) is 2. The van der Waals surface area contributed by atoms with Gasteiger partial charge in [0.05, 0.1) is 13.7 Å². The molecular weight excluding hydrogens is 252 g/mol. The first kappa shape index (κ1) is 14.7. The molecule has 0 fully saturated rings. The van der Waals surface area contributed by atoms with E-state index < -0.39 is 17.8 Å². The number of esters is 1. The van der Waals surface area contributed by atoms with Crippen LogP contribution < -0.4 is 10.6 Å². The lowest BCUT2D eigenvalue weighted by atomic mass is 10.3. The molecule has 2 N–H and O–H groups in total. The van der Waals surface area contributed by atoms with Gasteiger partial charge in [0.2, 0.25) is 5.91 Å². The number of hydrogen-bond acceptors (Lipinski definition) is 5. The van der Waals surface area contributed by atoms with E-state index in [0.29, 0.717) is 0 Å². The van der Waals surface area contributed by atoms with Crippen LogP contribution in [0.1, 0.15) is 16.2 Å². The molecule has 8 nitrogen and oxygen atoms in total. The third-order valence-corrected chi connectivity index (χ3v) is 2.41. The van der Waals surface area contributed by atoms with Crippen molar-refractivity contribution in [1.29, 1.82) is 0 Å². The van der Waals surface area contributed by atoms with Crippen molar-refractivity contribution in [2.24, 2.45) is 7.05 Å². The Morgan fingerprint density at radius 2 is 2.00 bits per heavy atom. The molecule has 2 amide bonds. The predicted molar refractivity (Wildman–Crippen MR) is 65.3 cm³/mol. The highest BCUT2D eigenvalue weighted by Crippen LogP contribution is 2.00. The molecule has 0 aliphatic rings. The first-order valence-electron chi connectivity index (χ1n) is 5.56. The fourth-order valence-corrected chi connectivity index (χ4v) is 1.23. The molecule has 1 rings (SSSR count). The minimum atomic E-state index is -0.556. The Hall–Kier alpha value is -2.38. The molecule has 0 bridgehead atoms. The van der Waals surface area contributed by atoms with Gasteiger partial charge in [-0.05, 0) is 13.0 Å². The van der Waals surface area contributed by atoms with Gasteiger partial charge < -0.3 is 15.4 Å². The largest absolute Gasteiger partial charge is 0.468 e. The Morgan fingerprint density at radius 1 is 1.32 bits per heavy atom. The highest BCUT2D eigenvalue weighted by atomic mass is 16.5. The van der Waals surface area contributed by atoms with E-state index in [2.05, 4.69) is 20.5 Å². The molecule has 8 heteroatoms. The van der Waals surface area contributed by atoms with Gasteiger partial charge >= 0.3 is 5.97 Å². The van der Waals surface area contributed by atoms with Crippen molar-refractivity contribution in [3.63, 3.8) is 0 Å². The lowest BCUT2D eigenvalue weighted by Crippen LogP contribution is -2.39. The van der Waals surface area contributed by atoms with Gasteiger partial charge in [-0.3, -0.25) is 19.1 Å². The Bertz CT molecular complexity index is 475. The van der Waals surface area contributed by atoms with Crippen LogP contribution in [-0.2, 0) is 21.4 Å². The van der Waals surface area contributed by atoms with E-state index in [-0.39, 0.29) is 18.8 Å². The number of nitrogens with one attached hydrogen (secondary N) is 2. The fourth-order valence-electron chi connectivity index (χ4n) is 1.23. The number of aromatic nitrogens is 2. The Labute approximate surface area is 110 Å². The molecule has 1 aromatic rings. The molecule has 0 aromatic carbocycles. The quantitative estimate of drug-likeness (QED) is 0.649. The standard InChI is InChI=1S/C11H16N4O4/c1-7-4-8(14-15(7)2)11(18)13-5-9(16)12-6-10(17)19-3/h4H,5-6H2,1-3H3,(H,12,16)(H,13,18). The topological polar surface area (TPSA) is 102 Å². The highest BCUT2D eigenvalue weighted by Gasteiger charge is 2.12. The molecule has 0 atom stereocenters. The molecule has 0 saturated carbocycles. The molecule has 0 aliphatic carbocycles. The van der Waals surface area contributed by atoms with Crippen LogP contribution in [-0.4, -0.2) is 47.8 Å². The summed E-state index contributed by atoms with van der Waals surface area (Å²) in [6.07, 6.45) is 0. The summed E-state index contributed by atoms with van der Waals surface area (Å²) in [6.45, 7) is 1.35. The lowest BCUT2D eigenvalue weighted by Gasteiger charge is -2.04. The van der Waals surface area contributed by atoms with Crippen molar-refractivity contribution < 1.29 is 19.1 Å². The van der Waals surface area contributed by atoms with E-state index in [9.17, 15) is 14.4 Å². The summed E-state index contributed by atoms with van der Waals surface area (Å²) in [5, 5.41) is 8.68. The van der Waals surface area contributed by atoms with E-state index in [1.54, 1.807) is 17.8 Å². The van der Waals surface area contributed by atoms with Gasteiger partial charge in [0.1, 0.15) is 12.2 Å². The SMILES string of the molecule is COC(=O)CNC(=O)CNC(=O)c1cc(C)n(C)n1. The van der Waals surface area contributed by atoms with Crippen LogP contribution >= 0.6 is 0 Å². The molecule has 19 heavy (non-hydrogen) atoms. The maximum Gasteiger partial charge on any atom is 0.325 e. The average molecular weight is 268 g/mol. The molecule has 0 spiro atoms. The van der Waals surface area contributed by atoms with Crippen LogP contribution in [0.3, 0.4) is 0 Å². The number of methoxy groups -OCH3 is 1. The first-order chi connectivity index (χ1) is 8.93. The minimum Gasteiger partial charge on any atom is -0.468 e. The second kappa shape index (κ2) is 6.53. The summed E-state index contributed by atoms with van der Waals surface area (Å²) in [5.74, 6) is -1.48. The third-order valence-electron chi connectivity index (χ3n) is 2.41. The van der Waals surface area contributed by atoms with Gasteiger partial charge in [-0.25, -0.2) is 0 Å². The smallest absolute Gasteiger partial charge is 0.325 e. The summed E-state index contributed by atoms with van der Waals surface area (Å²) in [5.41, 5.74) is 1.07. The number of amides is 2. The molecule has 104 valence electrons. The van der Waals surface area contributed by atoms with Crippen LogP contribution in [0.25, 0.3) is 0 Å². The summed E-state index contributed by atoms with van der Waals surface area (Å²) in [4.78, 5) is 33.7. The summed E-state index contributed by atoms with van der Waals surface area (Å²) < 4.78 is 5.92. The maximum atomic E-state index is 11.7. The number of rotatable bonds is 5. The van der Waals surface area contributed by atoms with Crippen molar-refractivity contribution >= 4 is 17.8 Å². The second-order valence-electron chi connectivity index (χ2n) is 3.83. The van der Waals surface area contributed by atoms with E-state index in [0.717, 1.165) is 5.69 Å².